The van der Waals surface area contributed by atoms with Crippen LogP contribution in [0.5, 0.6) is 0 Å². The lowest BCUT2D eigenvalue weighted by atomic mass is 10.1. The fourth-order valence-electron chi connectivity index (χ4n) is 1.90. The van der Waals surface area contributed by atoms with E-state index in [0.717, 1.165) is 5.56 Å². The van der Waals surface area contributed by atoms with Gasteiger partial charge in [-0.25, -0.2) is 0 Å². The van der Waals surface area contributed by atoms with Crippen molar-refractivity contribution in [2.24, 2.45) is 0 Å². The average molecular weight is 305 g/mol. The molecular weight excluding hydrogens is 292 g/mol. The number of benzene rings is 2. The van der Waals surface area contributed by atoms with Crippen LogP contribution in [0, 0.1) is 11.3 Å². The van der Waals surface area contributed by atoms with Crippen molar-refractivity contribution >= 4 is 18.0 Å². The third kappa shape index (κ3) is 4.55. The van der Waals surface area contributed by atoms with E-state index in [0.29, 0.717) is 12.1 Å². The zero-order valence-corrected chi connectivity index (χ0v) is 12.2. The van der Waals surface area contributed by atoms with E-state index in [-0.39, 0.29) is 11.1 Å². The summed E-state index contributed by atoms with van der Waals surface area (Å²) in [6, 6.07) is 16.9. The molecule has 1 amide bonds. The predicted octanol–water partition coefficient (Wildman–Crippen LogP) is 1.27. The molecule has 0 spiro atoms. The maximum Gasteiger partial charge on any atom is 0.262 e. The Labute approximate surface area is 133 Å². The number of rotatable bonds is 5. The van der Waals surface area contributed by atoms with Crippen LogP contribution in [-0.4, -0.2) is 11.9 Å². The van der Waals surface area contributed by atoms with Gasteiger partial charge in [0.1, 0.15) is 11.6 Å². The molecule has 0 saturated heterocycles. The molecular formula is C18H13N2O3-. The lowest BCUT2D eigenvalue weighted by Crippen LogP contribution is -2.24. The molecule has 5 nitrogen and oxygen atoms in total. The molecule has 0 aromatic heterocycles. The van der Waals surface area contributed by atoms with Crippen molar-refractivity contribution in [3.05, 3.63) is 76.9 Å². The molecule has 0 heterocycles. The van der Waals surface area contributed by atoms with Crippen molar-refractivity contribution in [1.29, 1.82) is 5.26 Å². The van der Waals surface area contributed by atoms with E-state index in [2.05, 4.69) is 5.32 Å². The summed E-state index contributed by atoms with van der Waals surface area (Å²) in [5, 5.41) is 22.5. The summed E-state index contributed by atoms with van der Waals surface area (Å²) in [5.74, 6) is -1.76. The number of nitriles is 1. The highest BCUT2D eigenvalue weighted by atomic mass is 16.4. The van der Waals surface area contributed by atoms with Crippen molar-refractivity contribution in [2.75, 3.05) is 0 Å². The minimum Gasteiger partial charge on any atom is -0.545 e. The largest absolute Gasteiger partial charge is 0.545 e. The van der Waals surface area contributed by atoms with E-state index < -0.39 is 11.9 Å². The molecule has 0 atom stereocenters. The lowest BCUT2D eigenvalue weighted by molar-refractivity contribution is -0.255. The maximum absolute atomic E-state index is 12.0. The molecule has 5 heteroatoms. The number of carboxylic acids is 1. The van der Waals surface area contributed by atoms with Crippen LogP contribution in [0.3, 0.4) is 0 Å². The summed E-state index contributed by atoms with van der Waals surface area (Å²) in [6.45, 7) is 0.322. The number of carboxylic acid groups (broad SMARTS) is 1. The van der Waals surface area contributed by atoms with Crippen molar-refractivity contribution in [1.82, 2.24) is 5.32 Å². The zero-order valence-electron chi connectivity index (χ0n) is 12.2. The van der Waals surface area contributed by atoms with Gasteiger partial charge < -0.3 is 15.2 Å². The monoisotopic (exact) mass is 305 g/mol. The third-order valence-electron chi connectivity index (χ3n) is 3.12. The van der Waals surface area contributed by atoms with Crippen LogP contribution in [0.15, 0.2) is 60.2 Å². The number of amides is 1. The molecule has 2 aromatic carbocycles. The molecule has 114 valence electrons. The molecule has 0 fully saturated rings. The van der Waals surface area contributed by atoms with Gasteiger partial charge in [-0.2, -0.15) is 5.26 Å². The van der Waals surface area contributed by atoms with E-state index in [1.54, 1.807) is 0 Å². The first-order valence-electron chi connectivity index (χ1n) is 6.85. The highest BCUT2D eigenvalue weighted by Crippen LogP contribution is 2.09. The van der Waals surface area contributed by atoms with E-state index in [9.17, 15) is 14.7 Å². The molecule has 0 radical (unpaired) electrons. The predicted molar refractivity (Wildman–Crippen MR) is 82.7 cm³/mol. The Morgan fingerprint density at radius 2 is 1.74 bits per heavy atom. The first kappa shape index (κ1) is 16.0. The second-order valence-corrected chi connectivity index (χ2v) is 4.75. The summed E-state index contributed by atoms with van der Waals surface area (Å²) in [4.78, 5) is 22.7. The van der Waals surface area contributed by atoms with Gasteiger partial charge in [-0.1, -0.05) is 54.6 Å². The Morgan fingerprint density at radius 3 is 2.30 bits per heavy atom. The van der Waals surface area contributed by atoms with Gasteiger partial charge in [-0.3, -0.25) is 4.79 Å². The third-order valence-corrected chi connectivity index (χ3v) is 3.12. The number of aromatic carboxylic acids is 1. The Kier molecular flexibility index (Phi) is 5.26. The Balaban J connectivity index is 2.07. The normalized spacial score (nSPS) is 10.7. The number of carbonyl (C=O) groups is 2. The number of hydrogen-bond acceptors (Lipinski definition) is 4. The standard InChI is InChI=1S/C18H14N2O3/c19-11-16(10-13-6-8-15(9-7-13)18(22)23)17(21)20-12-14-4-2-1-3-5-14/h1-10H,12H2,(H,20,21)(H,22,23)/p-1/b16-10+. The Hall–Kier alpha value is -3.39. The highest BCUT2D eigenvalue weighted by molar-refractivity contribution is 6.01. The van der Waals surface area contributed by atoms with E-state index >= 15 is 0 Å². The Morgan fingerprint density at radius 1 is 1.09 bits per heavy atom. The highest BCUT2D eigenvalue weighted by Gasteiger charge is 2.08. The van der Waals surface area contributed by atoms with Gasteiger partial charge in [0.05, 0.1) is 5.97 Å². The smallest absolute Gasteiger partial charge is 0.262 e. The average Bonchev–Trinajstić information content (AvgIpc) is 2.59. The van der Waals surface area contributed by atoms with E-state index in [1.807, 2.05) is 36.4 Å². The van der Waals surface area contributed by atoms with Gasteiger partial charge in [0.25, 0.3) is 5.91 Å². The van der Waals surface area contributed by atoms with Crippen LogP contribution in [0.2, 0.25) is 0 Å². The van der Waals surface area contributed by atoms with E-state index in [1.165, 1.54) is 30.3 Å². The molecule has 0 aliphatic carbocycles. The van der Waals surface area contributed by atoms with Crippen LogP contribution in [0.4, 0.5) is 0 Å². The van der Waals surface area contributed by atoms with Gasteiger partial charge in [-0.15, -0.1) is 0 Å². The van der Waals surface area contributed by atoms with Crippen LogP contribution in [-0.2, 0) is 11.3 Å². The summed E-state index contributed by atoms with van der Waals surface area (Å²) in [5.41, 5.74) is 1.47. The number of nitrogens with one attached hydrogen (secondary N) is 1. The summed E-state index contributed by atoms with van der Waals surface area (Å²) < 4.78 is 0. The molecule has 0 unspecified atom stereocenters. The van der Waals surface area contributed by atoms with Gasteiger partial charge in [0.2, 0.25) is 0 Å². The molecule has 0 bridgehead atoms. The topological polar surface area (TPSA) is 93.0 Å². The molecule has 23 heavy (non-hydrogen) atoms. The summed E-state index contributed by atoms with van der Waals surface area (Å²) in [6.07, 6.45) is 1.40. The van der Waals surface area contributed by atoms with Crippen LogP contribution in [0.25, 0.3) is 6.08 Å². The van der Waals surface area contributed by atoms with Gasteiger partial charge >= 0.3 is 0 Å². The van der Waals surface area contributed by atoms with Crippen LogP contribution < -0.4 is 10.4 Å². The van der Waals surface area contributed by atoms with Crippen LogP contribution in [0.1, 0.15) is 21.5 Å². The summed E-state index contributed by atoms with van der Waals surface area (Å²) in [7, 11) is 0. The number of carbonyl (C=O) groups excluding carboxylic acids is 2. The van der Waals surface area contributed by atoms with Gasteiger partial charge in [0, 0.05) is 6.54 Å². The minimum absolute atomic E-state index is 0.0363. The van der Waals surface area contributed by atoms with Crippen molar-refractivity contribution < 1.29 is 14.7 Å². The molecule has 0 saturated carbocycles. The first-order valence-corrected chi connectivity index (χ1v) is 6.85. The fourth-order valence-corrected chi connectivity index (χ4v) is 1.90. The second kappa shape index (κ2) is 7.57. The molecule has 1 N–H and O–H groups in total. The van der Waals surface area contributed by atoms with Gasteiger partial charge in [0.15, 0.2) is 0 Å². The number of hydrogen-bond donors (Lipinski definition) is 1. The van der Waals surface area contributed by atoms with Crippen LogP contribution >= 0.6 is 0 Å². The molecule has 2 rings (SSSR count). The lowest BCUT2D eigenvalue weighted by Gasteiger charge is -2.05. The second-order valence-electron chi connectivity index (χ2n) is 4.75. The van der Waals surface area contributed by atoms with Crippen molar-refractivity contribution in [3.63, 3.8) is 0 Å². The first-order chi connectivity index (χ1) is 11.1. The zero-order chi connectivity index (χ0) is 16.7. The molecule has 2 aromatic rings. The summed E-state index contributed by atoms with van der Waals surface area (Å²) >= 11 is 0. The minimum atomic E-state index is -1.28. The fraction of sp³-hybridized carbons (Fsp3) is 0.0556. The maximum atomic E-state index is 12.0. The Bertz CT molecular complexity index is 772. The van der Waals surface area contributed by atoms with Crippen molar-refractivity contribution in [3.8, 4) is 6.07 Å². The number of nitrogens with zero attached hydrogens (tertiary/aromatic N) is 1. The quantitative estimate of drug-likeness (QED) is 0.665. The van der Waals surface area contributed by atoms with Crippen molar-refractivity contribution in [2.45, 2.75) is 6.54 Å². The molecule has 0 aliphatic heterocycles. The SMILES string of the molecule is N#C/C(=C\c1ccc(C(=O)[O-])cc1)C(=O)NCc1ccccc1. The van der Waals surface area contributed by atoms with Gasteiger partial charge in [-0.05, 0) is 22.8 Å². The molecule has 0 aliphatic rings. The van der Waals surface area contributed by atoms with E-state index in [4.69, 9.17) is 5.26 Å².